The van der Waals surface area contributed by atoms with E-state index < -0.39 is 0 Å². The van der Waals surface area contributed by atoms with Gasteiger partial charge in [0.05, 0.1) is 13.1 Å². The molecule has 0 saturated carbocycles. The van der Waals surface area contributed by atoms with Crippen LogP contribution in [0, 0.1) is 6.92 Å². The fourth-order valence-electron chi connectivity index (χ4n) is 2.31. The molecule has 1 aliphatic heterocycles. The summed E-state index contributed by atoms with van der Waals surface area (Å²) in [5.74, 6) is -0.531. The Morgan fingerprint density at radius 3 is 2.44 bits per heavy atom. The Bertz CT molecular complexity index is 457. The van der Waals surface area contributed by atoms with Gasteiger partial charge in [-0.25, -0.2) is 0 Å². The van der Waals surface area contributed by atoms with E-state index in [2.05, 4.69) is 5.32 Å². The molecular formula is C13H17N3O2. The van der Waals surface area contributed by atoms with Crippen molar-refractivity contribution in [2.24, 2.45) is 5.73 Å². The monoisotopic (exact) mass is 247 g/mol. The van der Waals surface area contributed by atoms with E-state index in [-0.39, 0.29) is 30.9 Å². The van der Waals surface area contributed by atoms with Crippen molar-refractivity contribution in [2.45, 2.75) is 13.0 Å². The molecular weight excluding hydrogens is 230 g/mol. The maximum Gasteiger partial charge on any atom is 0.240 e. The number of nitrogens with zero attached hydrogens (tertiary/aromatic N) is 1. The highest BCUT2D eigenvalue weighted by molar-refractivity contribution is 5.99. The number of benzene rings is 1. The van der Waals surface area contributed by atoms with Gasteiger partial charge >= 0.3 is 0 Å². The number of carbonyl (C=O) groups is 2. The number of hydrogen-bond donors (Lipinski definition) is 2. The topological polar surface area (TPSA) is 75.4 Å². The van der Waals surface area contributed by atoms with Crippen LogP contribution in [0.1, 0.15) is 17.2 Å². The van der Waals surface area contributed by atoms with Crippen LogP contribution in [0.4, 0.5) is 0 Å². The minimum atomic E-state index is -0.265. The maximum atomic E-state index is 11.4. The van der Waals surface area contributed by atoms with Crippen molar-refractivity contribution in [2.75, 3.05) is 19.6 Å². The molecule has 3 N–H and O–H groups in total. The van der Waals surface area contributed by atoms with Crippen molar-refractivity contribution < 1.29 is 9.59 Å². The van der Waals surface area contributed by atoms with Gasteiger partial charge in [0.25, 0.3) is 0 Å². The lowest BCUT2D eigenvalue weighted by atomic mass is 9.99. The summed E-state index contributed by atoms with van der Waals surface area (Å²) < 4.78 is 0. The predicted octanol–water partition coefficient (Wildman–Crippen LogP) is -0.0468. The zero-order chi connectivity index (χ0) is 13.1. The third-order valence-electron chi connectivity index (χ3n) is 3.18. The quantitative estimate of drug-likeness (QED) is 0.735. The summed E-state index contributed by atoms with van der Waals surface area (Å²) in [5.41, 5.74) is 8.00. The van der Waals surface area contributed by atoms with E-state index in [0.717, 1.165) is 11.1 Å². The summed E-state index contributed by atoms with van der Waals surface area (Å²) >= 11 is 0. The molecule has 1 atom stereocenters. The first-order chi connectivity index (χ1) is 8.61. The van der Waals surface area contributed by atoms with Gasteiger partial charge in [-0.2, -0.15) is 0 Å². The van der Waals surface area contributed by atoms with E-state index in [1.165, 1.54) is 0 Å². The van der Waals surface area contributed by atoms with Crippen LogP contribution in [-0.4, -0.2) is 36.3 Å². The molecule has 0 aromatic heterocycles. The van der Waals surface area contributed by atoms with Gasteiger partial charge < -0.3 is 5.73 Å². The van der Waals surface area contributed by atoms with Crippen molar-refractivity contribution in [1.29, 1.82) is 0 Å². The number of aryl methyl sites for hydroxylation is 1. The average molecular weight is 247 g/mol. The van der Waals surface area contributed by atoms with Gasteiger partial charge in [-0.15, -0.1) is 0 Å². The highest BCUT2D eigenvalue weighted by Gasteiger charge is 2.29. The normalized spacial score (nSPS) is 18.6. The summed E-state index contributed by atoms with van der Waals surface area (Å²) in [6, 6.07) is 7.80. The van der Waals surface area contributed by atoms with Crippen molar-refractivity contribution >= 4 is 11.8 Å². The summed E-state index contributed by atoms with van der Waals surface area (Å²) in [6.07, 6.45) is 0. The Morgan fingerprint density at radius 1 is 1.28 bits per heavy atom. The number of rotatable bonds is 3. The molecule has 1 aliphatic rings. The van der Waals surface area contributed by atoms with Gasteiger partial charge in [-0.05, 0) is 18.1 Å². The summed E-state index contributed by atoms with van der Waals surface area (Å²) in [4.78, 5) is 24.6. The average Bonchev–Trinajstić information content (AvgIpc) is 2.31. The zero-order valence-electron chi connectivity index (χ0n) is 10.3. The second-order valence-corrected chi connectivity index (χ2v) is 4.48. The standard InChI is InChI=1S/C13H17N3O2/c1-9-4-2-3-5-10(9)11(6-14)16-7-12(17)15-13(18)8-16/h2-5,11H,6-8,14H2,1H3,(H,15,17,18). The van der Waals surface area contributed by atoms with Crippen LogP contribution < -0.4 is 11.1 Å². The molecule has 0 aliphatic carbocycles. The van der Waals surface area contributed by atoms with Gasteiger partial charge in [0.1, 0.15) is 0 Å². The molecule has 1 fully saturated rings. The van der Waals surface area contributed by atoms with Crippen LogP contribution >= 0.6 is 0 Å². The lowest BCUT2D eigenvalue weighted by Crippen LogP contribution is -2.53. The molecule has 1 saturated heterocycles. The number of nitrogens with two attached hydrogens (primary N) is 1. The molecule has 1 unspecified atom stereocenters. The number of amides is 2. The van der Waals surface area contributed by atoms with Crippen molar-refractivity contribution in [3.63, 3.8) is 0 Å². The Balaban J connectivity index is 2.26. The number of piperazine rings is 1. The molecule has 0 radical (unpaired) electrons. The lowest BCUT2D eigenvalue weighted by molar-refractivity contribution is -0.137. The third kappa shape index (κ3) is 2.57. The summed E-state index contributed by atoms with van der Waals surface area (Å²) in [6.45, 7) is 2.80. The first kappa shape index (κ1) is 12.7. The first-order valence-corrected chi connectivity index (χ1v) is 5.94. The van der Waals surface area contributed by atoms with Gasteiger partial charge in [-0.3, -0.25) is 19.8 Å². The smallest absolute Gasteiger partial charge is 0.240 e. The van der Waals surface area contributed by atoms with Crippen LogP contribution in [0.3, 0.4) is 0 Å². The summed E-state index contributed by atoms with van der Waals surface area (Å²) in [7, 11) is 0. The Hall–Kier alpha value is -1.72. The van der Waals surface area contributed by atoms with Crippen LogP contribution in [0.2, 0.25) is 0 Å². The molecule has 2 rings (SSSR count). The molecule has 5 nitrogen and oxygen atoms in total. The molecule has 96 valence electrons. The van der Waals surface area contributed by atoms with E-state index >= 15 is 0 Å². The highest BCUT2D eigenvalue weighted by Crippen LogP contribution is 2.23. The Morgan fingerprint density at radius 2 is 1.89 bits per heavy atom. The van der Waals surface area contributed by atoms with E-state index in [9.17, 15) is 9.59 Å². The molecule has 2 amide bonds. The molecule has 1 aromatic rings. The molecule has 0 spiro atoms. The Labute approximate surface area is 106 Å². The van der Waals surface area contributed by atoms with Crippen LogP contribution in [0.15, 0.2) is 24.3 Å². The SMILES string of the molecule is Cc1ccccc1C(CN)N1CC(=O)NC(=O)C1. The van der Waals surface area contributed by atoms with Crippen LogP contribution in [-0.2, 0) is 9.59 Å². The molecule has 0 bridgehead atoms. The Kier molecular flexibility index (Phi) is 3.74. The van der Waals surface area contributed by atoms with E-state index in [4.69, 9.17) is 5.73 Å². The first-order valence-electron chi connectivity index (χ1n) is 5.94. The third-order valence-corrected chi connectivity index (χ3v) is 3.18. The molecule has 18 heavy (non-hydrogen) atoms. The predicted molar refractivity (Wildman–Crippen MR) is 67.7 cm³/mol. The molecule has 1 aromatic carbocycles. The van der Waals surface area contributed by atoms with Crippen molar-refractivity contribution in [1.82, 2.24) is 10.2 Å². The summed E-state index contributed by atoms with van der Waals surface area (Å²) in [5, 5.41) is 2.29. The second-order valence-electron chi connectivity index (χ2n) is 4.48. The lowest BCUT2D eigenvalue weighted by Gasteiger charge is -2.33. The fourth-order valence-corrected chi connectivity index (χ4v) is 2.31. The van der Waals surface area contributed by atoms with Gasteiger partial charge in [0.2, 0.25) is 11.8 Å². The number of imide groups is 1. The largest absolute Gasteiger partial charge is 0.329 e. The van der Waals surface area contributed by atoms with Gasteiger partial charge in [0.15, 0.2) is 0 Å². The van der Waals surface area contributed by atoms with E-state index in [1.54, 1.807) is 0 Å². The van der Waals surface area contributed by atoms with Crippen molar-refractivity contribution in [3.05, 3.63) is 35.4 Å². The molecule has 5 heteroatoms. The number of nitrogens with one attached hydrogen (secondary N) is 1. The minimum Gasteiger partial charge on any atom is -0.329 e. The second kappa shape index (κ2) is 5.29. The molecule has 1 heterocycles. The fraction of sp³-hybridized carbons (Fsp3) is 0.385. The maximum absolute atomic E-state index is 11.4. The van der Waals surface area contributed by atoms with Crippen LogP contribution in [0.25, 0.3) is 0 Å². The van der Waals surface area contributed by atoms with Crippen LogP contribution in [0.5, 0.6) is 0 Å². The zero-order valence-corrected chi connectivity index (χ0v) is 10.3. The van der Waals surface area contributed by atoms with E-state index in [0.29, 0.717) is 6.54 Å². The number of hydrogen-bond acceptors (Lipinski definition) is 4. The van der Waals surface area contributed by atoms with Gasteiger partial charge in [-0.1, -0.05) is 24.3 Å². The minimum absolute atomic E-state index is 0.0961. The van der Waals surface area contributed by atoms with Gasteiger partial charge in [0, 0.05) is 12.6 Å². The van der Waals surface area contributed by atoms with E-state index in [1.807, 2.05) is 36.1 Å². The van der Waals surface area contributed by atoms with Crippen molar-refractivity contribution in [3.8, 4) is 0 Å². The highest BCUT2D eigenvalue weighted by atomic mass is 16.2. The number of carbonyl (C=O) groups excluding carboxylic acids is 2.